The van der Waals surface area contributed by atoms with E-state index in [1.807, 2.05) is 18.7 Å². The highest BCUT2D eigenvalue weighted by atomic mass is 127. The molecule has 1 aromatic heterocycles. The highest BCUT2D eigenvalue weighted by Crippen LogP contribution is 2.17. The summed E-state index contributed by atoms with van der Waals surface area (Å²) in [5.41, 5.74) is 3.28. The van der Waals surface area contributed by atoms with Gasteiger partial charge in [0.05, 0.1) is 18.8 Å². The lowest BCUT2D eigenvalue weighted by atomic mass is 9.96. The smallest absolute Gasteiger partial charge is 0.241 e. The number of nitrogens with zero attached hydrogens (tertiary/aromatic N) is 4. The summed E-state index contributed by atoms with van der Waals surface area (Å²) < 4.78 is 1.89. The second-order valence-corrected chi connectivity index (χ2v) is 7.06. The normalized spacial score (nSPS) is 15.3. The van der Waals surface area contributed by atoms with Gasteiger partial charge in [0.15, 0.2) is 5.96 Å². The van der Waals surface area contributed by atoms with Gasteiger partial charge in [0.1, 0.15) is 0 Å². The molecule has 0 atom stereocenters. The Hall–Kier alpha value is -1.32. The maximum absolute atomic E-state index is 11.9. The van der Waals surface area contributed by atoms with Gasteiger partial charge in [-0.2, -0.15) is 5.10 Å². The monoisotopic (exact) mass is 476 g/mol. The zero-order chi connectivity index (χ0) is 18.4. The molecule has 1 aliphatic rings. The molecule has 0 radical (unpaired) electrons. The number of halogens is 1. The number of aliphatic imine (C=N–C) groups is 1. The standard InChI is InChI=1S/C18H32N6O.HI/c1-13-16(14(2)24(5)22-13)11-19-18(20-12-17(25)23(3)4)21-15-9-7-6-8-10-15;/h15H,6-12H2,1-5H3,(H2,19,20,21);1H. The van der Waals surface area contributed by atoms with Gasteiger partial charge in [-0.25, -0.2) is 4.99 Å². The summed E-state index contributed by atoms with van der Waals surface area (Å²) in [6.45, 7) is 4.87. The molecule has 1 heterocycles. The molecule has 1 aromatic rings. The van der Waals surface area contributed by atoms with Crippen LogP contribution >= 0.6 is 24.0 Å². The van der Waals surface area contributed by atoms with Gasteiger partial charge in [-0.05, 0) is 26.7 Å². The number of amides is 1. The third kappa shape index (κ3) is 6.44. The topological polar surface area (TPSA) is 74.5 Å². The fourth-order valence-corrected chi connectivity index (χ4v) is 3.11. The van der Waals surface area contributed by atoms with Gasteiger partial charge in [0.2, 0.25) is 5.91 Å². The largest absolute Gasteiger partial charge is 0.354 e. The number of aromatic nitrogens is 2. The number of carbonyl (C=O) groups is 1. The highest BCUT2D eigenvalue weighted by Gasteiger charge is 2.16. The molecule has 1 saturated carbocycles. The molecule has 0 aromatic carbocycles. The second-order valence-electron chi connectivity index (χ2n) is 7.06. The third-order valence-corrected chi connectivity index (χ3v) is 4.91. The summed E-state index contributed by atoms with van der Waals surface area (Å²) >= 11 is 0. The van der Waals surface area contributed by atoms with E-state index in [0.717, 1.165) is 29.8 Å². The van der Waals surface area contributed by atoms with E-state index in [1.54, 1.807) is 19.0 Å². The van der Waals surface area contributed by atoms with Crippen LogP contribution < -0.4 is 10.6 Å². The quantitative estimate of drug-likeness (QED) is 0.388. The van der Waals surface area contributed by atoms with Crippen molar-refractivity contribution in [2.24, 2.45) is 12.0 Å². The lowest BCUT2D eigenvalue weighted by molar-refractivity contribution is -0.127. The van der Waals surface area contributed by atoms with Gasteiger partial charge in [-0.1, -0.05) is 19.3 Å². The Balaban J connectivity index is 0.00000338. The molecule has 0 saturated heterocycles. The van der Waals surface area contributed by atoms with Crippen molar-refractivity contribution in [3.63, 3.8) is 0 Å². The molecule has 148 valence electrons. The van der Waals surface area contributed by atoms with Crippen LogP contribution in [0, 0.1) is 13.8 Å². The van der Waals surface area contributed by atoms with Crippen LogP contribution in [0.15, 0.2) is 4.99 Å². The summed E-state index contributed by atoms with van der Waals surface area (Å²) in [6, 6.07) is 0.436. The molecule has 26 heavy (non-hydrogen) atoms. The van der Waals surface area contributed by atoms with Gasteiger partial charge >= 0.3 is 0 Å². The Bertz CT molecular complexity index is 619. The van der Waals surface area contributed by atoms with E-state index in [9.17, 15) is 4.79 Å². The second kappa shape index (κ2) is 10.7. The van der Waals surface area contributed by atoms with E-state index in [0.29, 0.717) is 18.5 Å². The van der Waals surface area contributed by atoms with E-state index >= 15 is 0 Å². The molecule has 2 N–H and O–H groups in total. The van der Waals surface area contributed by atoms with Crippen LogP contribution in [-0.4, -0.2) is 53.2 Å². The van der Waals surface area contributed by atoms with Gasteiger partial charge in [-0.3, -0.25) is 9.48 Å². The molecule has 1 aliphatic carbocycles. The molecular weight excluding hydrogens is 443 g/mol. The van der Waals surface area contributed by atoms with Crippen LogP contribution in [0.25, 0.3) is 0 Å². The number of likely N-dealkylation sites (N-methyl/N-ethyl adjacent to an activating group) is 1. The lowest BCUT2D eigenvalue weighted by Crippen LogP contribution is -2.47. The Labute approximate surface area is 174 Å². The van der Waals surface area contributed by atoms with Crippen molar-refractivity contribution in [3.05, 3.63) is 17.0 Å². The number of hydrogen-bond acceptors (Lipinski definition) is 3. The van der Waals surface area contributed by atoms with Gasteiger partial charge in [0, 0.05) is 38.4 Å². The Kier molecular flexibility index (Phi) is 9.38. The van der Waals surface area contributed by atoms with Crippen molar-refractivity contribution in [3.8, 4) is 0 Å². The zero-order valence-electron chi connectivity index (χ0n) is 16.6. The third-order valence-electron chi connectivity index (χ3n) is 4.91. The first-order valence-electron chi connectivity index (χ1n) is 9.12. The summed E-state index contributed by atoms with van der Waals surface area (Å²) in [5, 5.41) is 11.1. The maximum atomic E-state index is 11.9. The minimum atomic E-state index is 0. The van der Waals surface area contributed by atoms with Crippen LogP contribution in [-0.2, 0) is 18.4 Å². The maximum Gasteiger partial charge on any atom is 0.241 e. The summed E-state index contributed by atoms with van der Waals surface area (Å²) in [5.74, 6) is 0.747. The molecule has 0 spiro atoms. The average molecular weight is 476 g/mol. The van der Waals surface area contributed by atoms with E-state index in [1.165, 1.54) is 19.3 Å². The number of guanidine groups is 1. The molecular formula is C18H33IN6O. The SMILES string of the molecule is Cc1nn(C)c(C)c1CN=C(NCC(=O)N(C)C)NC1CCCCC1.I. The molecule has 0 bridgehead atoms. The van der Waals surface area contributed by atoms with Gasteiger partial charge in [-0.15, -0.1) is 24.0 Å². The molecule has 2 rings (SSSR count). The van der Waals surface area contributed by atoms with Gasteiger partial charge < -0.3 is 15.5 Å². The molecule has 0 aliphatic heterocycles. The predicted octanol–water partition coefficient (Wildman–Crippen LogP) is 2.11. The Morgan fingerprint density at radius 3 is 2.46 bits per heavy atom. The molecule has 1 amide bonds. The molecule has 7 nitrogen and oxygen atoms in total. The van der Waals surface area contributed by atoms with Crippen molar-refractivity contribution >= 4 is 35.8 Å². The van der Waals surface area contributed by atoms with Crippen molar-refractivity contribution < 1.29 is 4.79 Å². The first kappa shape index (κ1) is 22.7. The average Bonchev–Trinajstić information content (AvgIpc) is 2.83. The summed E-state index contributed by atoms with van der Waals surface area (Å²) in [7, 11) is 5.47. The molecule has 8 heteroatoms. The van der Waals surface area contributed by atoms with Crippen molar-refractivity contribution in [2.75, 3.05) is 20.6 Å². The van der Waals surface area contributed by atoms with Crippen molar-refractivity contribution in [1.82, 2.24) is 25.3 Å². The minimum absolute atomic E-state index is 0. The van der Waals surface area contributed by atoms with Crippen molar-refractivity contribution in [2.45, 2.75) is 58.5 Å². The first-order chi connectivity index (χ1) is 11.9. The highest BCUT2D eigenvalue weighted by molar-refractivity contribution is 14.0. The lowest BCUT2D eigenvalue weighted by Gasteiger charge is -2.25. The van der Waals surface area contributed by atoms with Crippen LogP contribution in [0.4, 0.5) is 0 Å². The number of carbonyl (C=O) groups excluding carboxylic acids is 1. The fourth-order valence-electron chi connectivity index (χ4n) is 3.11. The Morgan fingerprint density at radius 1 is 1.27 bits per heavy atom. The fraction of sp³-hybridized carbons (Fsp3) is 0.722. The summed E-state index contributed by atoms with van der Waals surface area (Å²) in [4.78, 5) is 18.2. The number of aryl methyl sites for hydroxylation is 2. The van der Waals surface area contributed by atoms with Gasteiger partial charge in [0.25, 0.3) is 0 Å². The Morgan fingerprint density at radius 2 is 1.92 bits per heavy atom. The van der Waals surface area contributed by atoms with Crippen LogP contribution in [0.1, 0.15) is 49.1 Å². The number of rotatable bonds is 5. The zero-order valence-corrected chi connectivity index (χ0v) is 19.0. The van der Waals surface area contributed by atoms with E-state index in [2.05, 4.69) is 22.7 Å². The minimum Gasteiger partial charge on any atom is -0.354 e. The van der Waals surface area contributed by atoms with E-state index in [-0.39, 0.29) is 36.4 Å². The predicted molar refractivity (Wildman–Crippen MR) is 116 cm³/mol. The van der Waals surface area contributed by atoms with Crippen LogP contribution in [0.3, 0.4) is 0 Å². The van der Waals surface area contributed by atoms with E-state index < -0.39 is 0 Å². The first-order valence-corrected chi connectivity index (χ1v) is 9.12. The van der Waals surface area contributed by atoms with E-state index in [4.69, 9.17) is 4.99 Å². The van der Waals surface area contributed by atoms with Crippen LogP contribution in [0.2, 0.25) is 0 Å². The van der Waals surface area contributed by atoms with Crippen molar-refractivity contribution in [1.29, 1.82) is 0 Å². The molecule has 1 fully saturated rings. The molecule has 0 unspecified atom stereocenters. The number of nitrogens with one attached hydrogen (secondary N) is 2. The van der Waals surface area contributed by atoms with Crippen LogP contribution in [0.5, 0.6) is 0 Å². The summed E-state index contributed by atoms with van der Waals surface area (Å²) in [6.07, 6.45) is 6.14. The number of hydrogen-bond donors (Lipinski definition) is 2.